The van der Waals surface area contributed by atoms with E-state index in [2.05, 4.69) is 11.8 Å². The average molecular weight is 204 g/mol. The number of carbonyl (C=O) groups is 1. The van der Waals surface area contributed by atoms with Crippen LogP contribution < -0.4 is 0 Å². The van der Waals surface area contributed by atoms with Crippen molar-refractivity contribution in [1.29, 1.82) is 0 Å². The molecule has 0 saturated heterocycles. The van der Waals surface area contributed by atoms with Gasteiger partial charge in [0.05, 0.1) is 0 Å². The van der Waals surface area contributed by atoms with Crippen molar-refractivity contribution in [1.82, 2.24) is 9.80 Å². The Balaban J connectivity index is -0.000000266. The standard InChI is InChI=1S/C7H16N2O.2C2H6/c1-4-8(2)5-6-9(3)7-10;2*1-2/h7H,4-6H2,1-3H3;2*1-2H3. The number of hydrogen-bond donors (Lipinski definition) is 0. The van der Waals surface area contributed by atoms with Gasteiger partial charge in [-0.1, -0.05) is 34.6 Å². The lowest BCUT2D eigenvalue weighted by Crippen LogP contribution is -2.29. The SMILES string of the molecule is CC.CC.CCN(C)CCN(C)C=O. The molecule has 1 amide bonds. The van der Waals surface area contributed by atoms with Gasteiger partial charge in [0, 0.05) is 20.1 Å². The summed E-state index contributed by atoms with van der Waals surface area (Å²) in [5.41, 5.74) is 0. The Labute approximate surface area is 90.1 Å². The first-order valence-corrected chi connectivity index (χ1v) is 5.54. The minimum absolute atomic E-state index is 0.813. The van der Waals surface area contributed by atoms with Gasteiger partial charge in [-0.05, 0) is 13.6 Å². The minimum Gasteiger partial charge on any atom is -0.347 e. The van der Waals surface area contributed by atoms with Gasteiger partial charge in [0.1, 0.15) is 0 Å². The molecule has 0 aromatic rings. The zero-order valence-electron chi connectivity index (χ0n) is 11.0. The zero-order valence-corrected chi connectivity index (χ0v) is 11.0. The first kappa shape index (κ1) is 19.1. The van der Waals surface area contributed by atoms with Gasteiger partial charge in [0.25, 0.3) is 0 Å². The number of hydrogen-bond acceptors (Lipinski definition) is 2. The Kier molecular flexibility index (Phi) is 24.9. The molecule has 0 aromatic heterocycles. The van der Waals surface area contributed by atoms with Gasteiger partial charge in [-0.15, -0.1) is 0 Å². The molecule has 88 valence electrons. The van der Waals surface area contributed by atoms with Crippen LogP contribution in [-0.2, 0) is 4.79 Å². The molecule has 0 N–H and O–H groups in total. The van der Waals surface area contributed by atoms with Crippen LogP contribution in [0.4, 0.5) is 0 Å². The maximum absolute atomic E-state index is 10.1. The molecular formula is C11H28N2O. The molecule has 0 atom stereocenters. The van der Waals surface area contributed by atoms with Crippen LogP contribution in [0.1, 0.15) is 34.6 Å². The third-order valence-electron chi connectivity index (χ3n) is 1.55. The van der Waals surface area contributed by atoms with Crippen molar-refractivity contribution >= 4 is 6.41 Å². The van der Waals surface area contributed by atoms with E-state index in [0.29, 0.717) is 0 Å². The van der Waals surface area contributed by atoms with Gasteiger partial charge in [-0.2, -0.15) is 0 Å². The summed E-state index contributed by atoms with van der Waals surface area (Å²) >= 11 is 0. The second kappa shape index (κ2) is 18.3. The smallest absolute Gasteiger partial charge is 0.209 e. The molecule has 0 fully saturated rings. The number of carbonyl (C=O) groups excluding carboxylic acids is 1. The normalized spacial score (nSPS) is 8.00. The maximum atomic E-state index is 10.1. The second-order valence-corrected chi connectivity index (χ2v) is 2.48. The fourth-order valence-corrected chi connectivity index (χ4v) is 0.539. The highest BCUT2D eigenvalue weighted by molar-refractivity contribution is 5.46. The Morgan fingerprint density at radius 1 is 1.00 bits per heavy atom. The average Bonchev–Trinajstić information content (AvgIpc) is 2.30. The molecule has 0 spiro atoms. The van der Waals surface area contributed by atoms with Crippen LogP contribution in [-0.4, -0.2) is 49.9 Å². The molecule has 0 saturated carbocycles. The van der Waals surface area contributed by atoms with E-state index in [0.717, 1.165) is 26.0 Å². The first-order chi connectivity index (χ1) is 6.70. The highest BCUT2D eigenvalue weighted by Gasteiger charge is 1.95. The molecule has 3 nitrogen and oxygen atoms in total. The van der Waals surface area contributed by atoms with Crippen LogP contribution in [0.25, 0.3) is 0 Å². The predicted molar refractivity (Wildman–Crippen MR) is 64.6 cm³/mol. The summed E-state index contributed by atoms with van der Waals surface area (Å²) in [5.74, 6) is 0. The predicted octanol–water partition coefficient (Wildman–Crippen LogP) is 2.08. The number of nitrogens with zero attached hydrogens (tertiary/aromatic N) is 2. The van der Waals surface area contributed by atoms with Crippen molar-refractivity contribution < 1.29 is 4.79 Å². The quantitative estimate of drug-likeness (QED) is 0.640. The van der Waals surface area contributed by atoms with Gasteiger partial charge >= 0.3 is 0 Å². The van der Waals surface area contributed by atoms with Gasteiger partial charge in [-0.25, -0.2) is 0 Å². The molecule has 0 bridgehead atoms. The van der Waals surface area contributed by atoms with Crippen molar-refractivity contribution in [2.75, 3.05) is 33.7 Å². The van der Waals surface area contributed by atoms with E-state index in [1.165, 1.54) is 0 Å². The number of amides is 1. The van der Waals surface area contributed by atoms with E-state index < -0.39 is 0 Å². The summed E-state index contributed by atoms with van der Waals surface area (Å²) in [6, 6.07) is 0. The van der Waals surface area contributed by atoms with Gasteiger partial charge < -0.3 is 9.80 Å². The lowest BCUT2D eigenvalue weighted by atomic mass is 10.5. The molecule has 0 rings (SSSR count). The molecule has 14 heavy (non-hydrogen) atoms. The Hall–Kier alpha value is -0.570. The van der Waals surface area contributed by atoms with Crippen molar-refractivity contribution in [2.45, 2.75) is 34.6 Å². The Bertz CT molecular complexity index is 97.3. The summed E-state index contributed by atoms with van der Waals surface area (Å²) in [6.45, 7) is 12.9. The van der Waals surface area contributed by atoms with E-state index >= 15 is 0 Å². The molecule has 0 aromatic carbocycles. The fraction of sp³-hybridized carbons (Fsp3) is 0.909. The van der Waals surface area contributed by atoms with Crippen LogP contribution in [0, 0.1) is 0 Å². The van der Waals surface area contributed by atoms with E-state index in [-0.39, 0.29) is 0 Å². The monoisotopic (exact) mass is 204 g/mol. The zero-order chi connectivity index (χ0) is 12.0. The number of likely N-dealkylation sites (N-methyl/N-ethyl adjacent to an activating group) is 2. The molecule has 0 heterocycles. The molecular weight excluding hydrogens is 176 g/mol. The maximum Gasteiger partial charge on any atom is 0.209 e. The lowest BCUT2D eigenvalue weighted by Gasteiger charge is -2.16. The third kappa shape index (κ3) is 17.5. The second-order valence-electron chi connectivity index (χ2n) is 2.48. The third-order valence-corrected chi connectivity index (χ3v) is 1.55. The van der Waals surface area contributed by atoms with Crippen LogP contribution in [0.2, 0.25) is 0 Å². The molecule has 0 aliphatic rings. The summed E-state index contributed by atoms with van der Waals surface area (Å²) in [4.78, 5) is 13.9. The van der Waals surface area contributed by atoms with Crippen LogP contribution in [0.15, 0.2) is 0 Å². The minimum atomic E-state index is 0.813. The van der Waals surface area contributed by atoms with Gasteiger partial charge in [-0.3, -0.25) is 4.79 Å². The van der Waals surface area contributed by atoms with Crippen molar-refractivity contribution in [3.63, 3.8) is 0 Å². The fourth-order valence-electron chi connectivity index (χ4n) is 0.539. The summed E-state index contributed by atoms with van der Waals surface area (Å²) in [7, 11) is 3.83. The van der Waals surface area contributed by atoms with Crippen LogP contribution in [0.3, 0.4) is 0 Å². The summed E-state index contributed by atoms with van der Waals surface area (Å²) in [5, 5.41) is 0. The number of rotatable bonds is 5. The molecule has 0 radical (unpaired) electrons. The van der Waals surface area contributed by atoms with Crippen LogP contribution in [0.5, 0.6) is 0 Å². The van der Waals surface area contributed by atoms with Crippen molar-refractivity contribution in [3.05, 3.63) is 0 Å². The molecule has 3 heteroatoms. The molecule has 0 aliphatic carbocycles. The Morgan fingerprint density at radius 2 is 1.43 bits per heavy atom. The Morgan fingerprint density at radius 3 is 1.71 bits per heavy atom. The lowest BCUT2D eigenvalue weighted by molar-refractivity contribution is -0.117. The van der Waals surface area contributed by atoms with E-state index in [1.807, 2.05) is 34.7 Å². The van der Waals surface area contributed by atoms with Crippen molar-refractivity contribution in [3.8, 4) is 0 Å². The van der Waals surface area contributed by atoms with E-state index in [9.17, 15) is 4.79 Å². The van der Waals surface area contributed by atoms with Crippen LogP contribution >= 0.6 is 0 Å². The first-order valence-electron chi connectivity index (χ1n) is 5.54. The molecule has 0 unspecified atom stereocenters. The highest BCUT2D eigenvalue weighted by Crippen LogP contribution is 1.81. The molecule has 0 aliphatic heterocycles. The van der Waals surface area contributed by atoms with Crippen molar-refractivity contribution in [2.24, 2.45) is 0 Å². The van der Waals surface area contributed by atoms with E-state index in [1.54, 1.807) is 11.9 Å². The topological polar surface area (TPSA) is 23.6 Å². The van der Waals surface area contributed by atoms with E-state index in [4.69, 9.17) is 0 Å². The summed E-state index contributed by atoms with van der Waals surface area (Å²) in [6.07, 6.45) is 0.851. The largest absolute Gasteiger partial charge is 0.347 e. The van der Waals surface area contributed by atoms with Gasteiger partial charge in [0.2, 0.25) is 6.41 Å². The van der Waals surface area contributed by atoms with Gasteiger partial charge in [0.15, 0.2) is 0 Å². The summed E-state index contributed by atoms with van der Waals surface area (Å²) < 4.78 is 0. The highest BCUT2D eigenvalue weighted by atomic mass is 16.1.